The lowest BCUT2D eigenvalue weighted by Gasteiger charge is -2.60. The van der Waals surface area contributed by atoms with Crippen molar-refractivity contribution >= 4 is 16.8 Å². The number of aromatic nitrogens is 2. The van der Waals surface area contributed by atoms with Crippen molar-refractivity contribution in [2.24, 2.45) is 24.3 Å². The first-order valence-electron chi connectivity index (χ1n) is 10.2. The Labute approximate surface area is 160 Å². The van der Waals surface area contributed by atoms with Gasteiger partial charge in [-0.15, -0.1) is 0 Å². The number of hydrogen-bond acceptors (Lipinski definition) is 3. The molecule has 0 atom stereocenters. The van der Waals surface area contributed by atoms with Gasteiger partial charge in [-0.25, -0.2) is 0 Å². The van der Waals surface area contributed by atoms with Crippen LogP contribution in [-0.4, -0.2) is 44.4 Å². The predicted molar refractivity (Wildman–Crippen MR) is 104 cm³/mol. The molecule has 1 amide bonds. The van der Waals surface area contributed by atoms with Crippen LogP contribution in [0.4, 0.5) is 0 Å². The van der Waals surface area contributed by atoms with Gasteiger partial charge in [0.15, 0.2) is 0 Å². The van der Waals surface area contributed by atoms with E-state index in [-0.39, 0.29) is 11.8 Å². The van der Waals surface area contributed by atoms with Gasteiger partial charge in [0.25, 0.3) is 0 Å². The Morgan fingerprint density at radius 2 is 1.96 bits per heavy atom. The van der Waals surface area contributed by atoms with E-state index >= 15 is 0 Å². The largest absolute Gasteiger partial charge is 0.390 e. The number of benzene rings is 1. The third-order valence-electron chi connectivity index (χ3n) is 7.24. The second-order valence-electron chi connectivity index (χ2n) is 9.88. The van der Waals surface area contributed by atoms with Crippen molar-refractivity contribution in [2.45, 2.75) is 51.6 Å². The number of carbonyl (C=O) groups is 1. The Morgan fingerprint density at radius 1 is 1.26 bits per heavy atom. The molecule has 0 unspecified atom stereocenters. The molecule has 1 aromatic carbocycles. The molecule has 2 saturated carbocycles. The Bertz CT molecular complexity index is 907. The molecule has 5 rings (SSSR count). The minimum atomic E-state index is -0.614. The summed E-state index contributed by atoms with van der Waals surface area (Å²) in [6, 6.07) is 4.56. The van der Waals surface area contributed by atoms with Crippen molar-refractivity contribution in [3.63, 3.8) is 0 Å². The third kappa shape index (κ3) is 2.78. The van der Waals surface area contributed by atoms with E-state index in [4.69, 9.17) is 0 Å². The lowest BCUT2D eigenvalue weighted by atomic mass is 9.56. The van der Waals surface area contributed by atoms with E-state index < -0.39 is 5.60 Å². The van der Waals surface area contributed by atoms with E-state index in [0.717, 1.165) is 25.4 Å². The number of rotatable bonds is 3. The summed E-state index contributed by atoms with van der Waals surface area (Å²) < 4.78 is 1.95. The molecule has 5 heteroatoms. The molecule has 1 spiro atoms. The van der Waals surface area contributed by atoms with E-state index in [9.17, 15) is 9.90 Å². The minimum absolute atomic E-state index is 0.0569. The molecule has 144 valence electrons. The fourth-order valence-electron chi connectivity index (χ4n) is 5.81. The highest BCUT2D eigenvalue weighted by Gasteiger charge is 2.55. The molecule has 27 heavy (non-hydrogen) atoms. The first-order chi connectivity index (χ1) is 12.7. The second kappa shape index (κ2) is 5.57. The van der Waals surface area contributed by atoms with Crippen LogP contribution in [0.3, 0.4) is 0 Å². The highest BCUT2D eigenvalue weighted by Crippen LogP contribution is 2.54. The van der Waals surface area contributed by atoms with Crippen LogP contribution in [0.1, 0.15) is 43.7 Å². The monoisotopic (exact) mass is 367 g/mol. The third-order valence-corrected chi connectivity index (χ3v) is 7.24. The van der Waals surface area contributed by atoms with Crippen LogP contribution in [0, 0.1) is 24.2 Å². The van der Waals surface area contributed by atoms with Crippen molar-refractivity contribution in [3.8, 4) is 0 Å². The van der Waals surface area contributed by atoms with E-state index in [1.165, 1.54) is 34.9 Å². The summed E-state index contributed by atoms with van der Waals surface area (Å²) in [5.41, 5.74) is 3.78. The van der Waals surface area contributed by atoms with Gasteiger partial charge in [0.1, 0.15) is 0 Å². The van der Waals surface area contributed by atoms with Crippen molar-refractivity contribution in [3.05, 3.63) is 29.5 Å². The summed E-state index contributed by atoms with van der Waals surface area (Å²) in [5.74, 6) is 1.06. The predicted octanol–water partition coefficient (Wildman–Crippen LogP) is 2.82. The summed E-state index contributed by atoms with van der Waals surface area (Å²) in [7, 11) is 2.00. The Balaban J connectivity index is 1.16. The van der Waals surface area contributed by atoms with Gasteiger partial charge in [0, 0.05) is 36.9 Å². The van der Waals surface area contributed by atoms with Gasteiger partial charge in [-0.3, -0.25) is 9.48 Å². The molecule has 2 heterocycles. The standard InChI is InChI=1S/C22H29N3O2/c1-14-4-17-11-23-24(3)19(17)6-16(14)5-15-7-22(8-15)12-25(13-22)20(26)18-9-21(2,27)10-18/h4,6,11,15,18,27H,5,7-10,12-13H2,1-3H3/t18-,21+. The van der Waals surface area contributed by atoms with Crippen LogP contribution in [0.25, 0.3) is 10.9 Å². The van der Waals surface area contributed by atoms with Crippen LogP contribution >= 0.6 is 0 Å². The average molecular weight is 367 g/mol. The lowest BCUT2D eigenvalue weighted by molar-refractivity contribution is -0.171. The number of aliphatic hydroxyl groups is 1. The van der Waals surface area contributed by atoms with Crippen LogP contribution in [-0.2, 0) is 18.3 Å². The summed E-state index contributed by atoms with van der Waals surface area (Å²) in [6.45, 7) is 5.89. The topological polar surface area (TPSA) is 58.4 Å². The number of nitrogens with zero attached hydrogens (tertiary/aromatic N) is 3. The number of aryl methyl sites for hydroxylation is 2. The summed E-state index contributed by atoms with van der Waals surface area (Å²) in [5, 5.41) is 15.4. The number of carbonyl (C=O) groups excluding carboxylic acids is 1. The van der Waals surface area contributed by atoms with E-state index in [1.54, 1.807) is 0 Å². The first-order valence-corrected chi connectivity index (χ1v) is 10.2. The van der Waals surface area contributed by atoms with E-state index in [1.807, 2.05) is 29.7 Å². The molecular weight excluding hydrogens is 338 g/mol. The molecule has 3 fully saturated rings. The number of likely N-dealkylation sites (tertiary alicyclic amines) is 1. The molecule has 1 saturated heterocycles. The zero-order chi connectivity index (χ0) is 19.0. The summed E-state index contributed by atoms with van der Waals surface area (Å²) in [4.78, 5) is 14.5. The Hall–Kier alpha value is -1.88. The maximum atomic E-state index is 12.5. The minimum Gasteiger partial charge on any atom is -0.390 e. The van der Waals surface area contributed by atoms with E-state index in [2.05, 4.69) is 24.2 Å². The zero-order valence-electron chi connectivity index (χ0n) is 16.5. The van der Waals surface area contributed by atoms with Gasteiger partial charge in [0.2, 0.25) is 5.91 Å². The molecule has 5 nitrogen and oxygen atoms in total. The SMILES string of the molecule is Cc1cc2cnn(C)c2cc1CC1CC2(C1)CN(C(=O)[C@H]1C[C@@](C)(O)C1)C2. The maximum absolute atomic E-state index is 12.5. The molecule has 2 aromatic rings. The van der Waals surface area contributed by atoms with Crippen LogP contribution < -0.4 is 0 Å². The normalized spacial score (nSPS) is 29.5. The van der Waals surface area contributed by atoms with Crippen LogP contribution in [0.15, 0.2) is 18.3 Å². The zero-order valence-corrected chi connectivity index (χ0v) is 16.5. The molecule has 0 bridgehead atoms. The summed E-state index contributed by atoms with van der Waals surface area (Å²) >= 11 is 0. The Morgan fingerprint density at radius 3 is 2.63 bits per heavy atom. The number of amides is 1. The molecule has 2 aliphatic carbocycles. The fourth-order valence-corrected chi connectivity index (χ4v) is 5.81. The highest BCUT2D eigenvalue weighted by molar-refractivity contribution is 5.81. The van der Waals surface area contributed by atoms with E-state index in [0.29, 0.717) is 18.3 Å². The maximum Gasteiger partial charge on any atom is 0.225 e. The van der Waals surface area contributed by atoms with Crippen LogP contribution in [0.2, 0.25) is 0 Å². The Kier molecular flexibility index (Phi) is 3.55. The van der Waals surface area contributed by atoms with Crippen molar-refractivity contribution < 1.29 is 9.90 Å². The summed E-state index contributed by atoms with van der Waals surface area (Å²) in [6.07, 6.45) is 6.81. The first kappa shape index (κ1) is 17.2. The molecule has 0 radical (unpaired) electrons. The van der Waals surface area contributed by atoms with Gasteiger partial charge in [-0.1, -0.05) is 0 Å². The van der Waals surface area contributed by atoms with Gasteiger partial charge in [-0.2, -0.15) is 5.10 Å². The van der Waals surface area contributed by atoms with Crippen molar-refractivity contribution in [1.82, 2.24) is 14.7 Å². The number of fused-ring (bicyclic) bond motifs is 1. The van der Waals surface area contributed by atoms with Gasteiger partial charge < -0.3 is 10.0 Å². The average Bonchev–Trinajstić information content (AvgIpc) is 2.85. The van der Waals surface area contributed by atoms with Crippen molar-refractivity contribution in [1.29, 1.82) is 0 Å². The van der Waals surface area contributed by atoms with Crippen LogP contribution in [0.5, 0.6) is 0 Å². The molecule has 3 aliphatic rings. The fraction of sp³-hybridized carbons (Fsp3) is 0.636. The second-order valence-corrected chi connectivity index (χ2v) is 9.88. The lowest BCUT2D eigenvalue weighted by Crippen LogP contribution is -2.66. The van der Waals surface area contributed by atoms with Gasteiger partial charge >= 0.3 is 0 Å². The number of hydrogen-bond donors (Lipinski definition) is 1. The highest BCUT2D eigenvalue weighted by atomic mass is 16.3. The molecule has 1 N–H and O–H groups in total. The molecule has 1 aromatic heterocycles. The quantitative estimate of drug-likeness (QED) is 0.908. The van der Waals surface area contributed by atoms with Gasteiger partial charge in [0.05, 0.1) is 17.3 Å². The molecule has 1 aliphatic heterocycles. The van der Waals surface area contributed by atoms with Gasteiger partial charge in [-0.05, 0) is 75.1 Å². The van der Waals surface area contributed by atoms with Crippen molar-refractivity contribution in [2.75, 3.05) is 13.1 Å². The molecular formula is C22H29N3O2. The smallest absolute Gasteiger partial charge is 0.225 e.